The normalized spacial score (nSPS) is 24.4. The van der Waals surface area contributed by atoms with Crippen molar-refractivity contribution in [2.45, 2.75) is 45.5 Å². The van der Waals surface area contributed by atoms with Crippen LogP contribution >= 0.6 is 0 Å². The Morgan fingerprint density at radius 1 is 1.42 bits per heavy atom. The highest BCUT2D eigenvalue weighted by molar-refractivity contribution is 5.97. The number of aliphatic hydroxyl groups is 1. The van der Waals surface area contributed by atoms with Crippen LogP contribution < -0.4 is 5.32 Å². The molecular weight excluding hydrogens is 240 g/mol. The smallest absolute Gasteiger partial charge is 0.257 e. The van der Waals surface area contributed by atoms with E-state index in [0.717, 1.165) is 12.0 Å². The summed E-state index contributed by atoms with van der Waals surface area (Å²) in [6, 6.07) is 7.43. The lowest BCUT2D eigenvalue weighted by molar-refractivity contribution is 0.0398. The molecule has 1 aromatic carbocycles. The van der Waals surface area contributed by atoms with Gasteiger partial charge in [-0.1, -0.05) is 24.6 Å². The predicted molar refractivity (Wildman–Crippen MR) is 74.7 cm³/mol. The van der Waals surface area contributed by atoms with E-state index in [0.29, 0.717) is 12.1 Å². The summed E-state index contributed by atoms with van der Waals surface area (Å²) in [6.07, 6.45) is 0.908. The predicted octanol–water partition coefficient (Wildman–Crippen LogP) is 1.88. The lowest BCUT2D eigenvalue weighted by atomic mass is 10.1. The van der Waals surface area contributed by atoms with Crippen LogP contribution in [0.5, 0.6) is 0 Å². The lowest BCUT2D eigenvalue weighted by Gasteiger charge is -2.12. The zero-order valence-electron chi connectivity index (χ0n) is 12.0. The van der Waals surface area contributed by atoms with Crippen molar-refractivity contribution in [2.75, 3.05) is 6.54 Å². The molecule has 4 heteroatoms. The fourth-order valence-electron chi connectivity index (χ4n) is 2.47. The molecule has 1 aliphatic heterocycles. The number of hydrogen-bond acceptors (Lipinski definition) is 3. The summed E-state index contributed by atoms with van der Waals surface area (Å²) in [6.45, 7) is 8.38. The quantitative estimate of drug-likeness (QED) is 0.643. The summed E-state index contributed by atoms with van der Waals surface area (Å²) in [4.78, 5) is 14.0. The largest absolute Gasteiger partial charge is 0.356 e. The third kappa shape index (κ3) is 2.15. The topological polar surface area (TPSA) is 52.3 Å². The molecule has 0 aliphatic carbocycles. The second kappa shape index (κ2) is 4.62. The molecule has 2 N–H and O–H groups in total. The van der Waals surface area contributed by atoms with E-state index in [1.54, 1.807) is 6.07 Å². The molecule has 0 spiro atoms. The molecule has 0 bridgehead atoms. The molecule has 1 aromatic rings. The van der Waals surface area contributed by atoms with Crippen molar-refractivity contribution in [3.8, 4) is 0 Å². The Bertz CT molecular complexity index is 499. The molecule has 4 nitrogen and oxygen atoms in total. The molecule has 1 fully saturated rings. The van der Waals surface area contributed by atoms with E-state index in [1.807, 2.05) is 45.9 Å². The molecule has 1 saturated heterocycles. The molecule has 1 amide bonds. The Kier molecular flexibility index (Phi) is 3.41. The standard InChI is InChI=1S/C15H22N2O2/c1-5-9-16-15(19)14(3,4)17(15)13(18)12-8-6-7-11(2)10-12/h6-8,10,16,19H,5,9H2,1-4H3. The highest BCUT2D eigenvalue weighted by atomic mass is 16.4. The second-order valence-electron chi connectivity index (χ2n) is 5.67. The van der Waals surface area contributed by atoms with E-state index in [2.05, 4.69) is 5.32 Å². The van der Waals surface area contributed by atoms with Gasteiger partial charge in [-0.15, -0.1) is 0 Å². The van der Waals surface area contributed by atoms with Gasteiger partial charge in [0.15, 0.2) is 0 Å². The van der Waals surface area contributed by atoms with Crippen LogP contribution in [0.25, 0.3) is 0 Å². The first-order valence-corrected chi connectivity index (χ1v) is 6.73. The van der Waals surface area contributed by atoms with Crippen molar-refractivity contribution in [1.82, 2.24) is 10.2 Å². The minimum Gasteiger partial charge on any atom is -0.356 e. The maximum atomic E-state index is 12.5. The van der Waals surface area contributed by atoms with Gasteiger partial charge in [-0.05, 0) is 45.9 Å². The van der Waals surface area contributed by atoms with Gasteiger partial charge in [0, 0.05) is 5.56 Å². The number of nitrogens with zero attached hydrogens (tertiary/aromatic N) is 1. The number of carbonyl (C=O) groups excluding carboxylic acids is 1. The van der Waals surface area contributed by atoms with Crippen molar-refractivity contribution in [3.05, 3.63) is 35.4 Å². The summed E-state index contributed by atoms with van der Waals surface area (Å²) in [7, 11) is 0. The first-order valence-electron chi connectivity index (χ1n) is 6.73. The molecule has 1 atom stereocenters. The minimum absolute atomic E-state index is 0.139. The molecule has 19 heavy (non-hydrogen) atoms. The van der Waals surface area contributed by atoms with Gasteiger partial charge in [0.05, 0.1) is 0 Å². The molecule has 1 aliphatic rings. The summed E-state index contributed by atoms with van der Waals surface area (Å²) in [5.41, 5.74) is 1.07. The number of amides is 1. The Balaban J connectivity index is 2.21. The molecular formula is C15H22N2O2. The number of carbonyl (C=O) groups is 1. The number of benzene rings is 1. The molecule has 1 heterocycles. The van der Waals surface area contributed by atoms with E-state index in [-0.39, 0.29) is 5.91 Å². The van der Waals surface area contributed by atoms with Gasteiger partial charge in [0.25, 0.3) is 5.91 Å². The average molecular weight is 262 g/mol. The Morgan fingerprint density at radius 3 is 2.68 bits per heavy atom. The number of nitrogens with one attached hydrogen (secondary N) is 1. The summed E-state index contributed by atoms with van der Waals surface area (Å²) in [5.74, 6) is -1.37. The summed E-state index contributed by atoms with van der Waals surface area (Å²) >= 11 is 0. The Morgan fingerprint density at radius 2 is 2.11 bits per heavy atom. The van der Waals surface area contributed by atoms with Gasteiger partial charge in [-0.25, -0.2) is 0 Å². The monoisotopic (exact) mass is 262 g/mol. The minimum atomic E-state index is -1.23. The van der Waals surface area contributed by atoms with Gasteiger partial charge >= 0.3 is 0 Å². The van der Waals surface area contributed by atoms with Crippen molar-refractivity contribution in [2.24, 2.45) is 0 Å². The van der Waals surface area contributed by atoms with Crippen LogP contribution in [0.1, 0.15) is 43.1 Å². The fraction of sp³-hybridized carbons (Fsp3) is 0.533. The van der Waals surface area contributed by atoms with Gasteiger partial charge in [0.2, 0.25) is 5.85 Å². The number of aryl methyl sites for hydroxylation is 1. The number of hydrogen-bond donors (Lipinski definition) is 2. The summed E-state index contributed by atoms with van der Waals surface area (Å²) in [5, 5.41) is 13.6. The third-order valence-electron chi connectivity index (χ3n) is 3.78. The first-order chi connectivity index (χ1) is 8.84. The summed E-state index contributed by atoms with van der Waals surface area (Å²) < 4.78 is 0. The molecule has 0 radical (unpaired) electrons. The Hall–Kier alpha value is -1.39. The van der Waals surface area contributed by atoms with Crippen molar-refractivity contribution in [3.63, 3.8) is 0 Å². The van der Waals surface area contributed by atoms with Gasteiger partial charge in [-0.2, -0.15) is 0 Å². The van der Waals surface area contributed by atoms with Gasteiger partial charge in [-0.3, -0.25) is 15.0 Å². The molecule has 1 unspecified atom stereocenters. The van der Waals surface area contributed by atoms with Crippen LogP contribution in [0.4, 0.5) is 0 Å². The molecule has 0 aromatic heterocycles. The zero-order chi connectivity index (χ0) is 14.3. The van der Waals surface area contributed by atoms with E-state index < -0.39 is 11.4 Å². The maximum Gasteiger partial charge on any atom is 0.257 e. The maximum absolute atomic E-state index is 12.5. The van der Waals surface area contributed by atoms with Crippen molar-refractivity contribution >= 4 is 5.91 Å². The third-order valence-corrected chi connectivity index (χ3v) is 3.78. The van der Waals surface area contributed by atoms with Crippen LogP contribution in [-0.4, -0.2) is 33.8 Å². The Labute approximate surface area is 114 Å². The van der Waals surface area contributed by atoms with Gasteiger partial charge in [0.1, 0.15) is 5.54 Å². The number of rotatable bonds is 4. The van der Waals surface area contributed by atoms with Gasteiger partial charge < -0.3 is 5.11 Å². The zero-order valence-corrected chi connectivity index (χ0v) is 12.0. The molecule has 0 saturated carbocycles. The first kappa shape index (κ1) is 14.0. The lowest BCUT2D eigenvalue weighted by Crippen LogP contribution is -2.40. The average Bonchev–Trinajstić information content (AvgIpc) is 2.80. The second-order valence-corrected chi connectivity index (χ2v) is 5.67. The van der Waals surface area contributed by atoms with Crippen LogP contribution in [0.2, 0.25) is 0 Å². The van der Waals surface area contributed by atoms with Crippen molar-refractivity contribution in [1.29, 1.82) is 0 Å². The molecule has 2 rings (SSSR count). The van der Waals surface area contributed by atoms with Crippen LogP contribution in [0, 0.1) is 6.92 Å². The highest BCUT2D eigenvalue weighted by Crippen LogP contribution is 2.48. The fourth-order valence-corrected chi connectivity index (χ4v) is 2.47. The van der Waals surface area contributed by atoms with Crippen LogP contribution in [0.15, 0.2) is 24.3 Å². The van der Waals surface area contributed by atoms with Crippen molar-refractivity contribution < 1.29 is 9.90 Å². The molecule has 104 valence electrons. The van der Waals surface area contributed by atoms with E-state index in [1.165, 1.54) is 4.90 Å². The van der Waals surface area contributed by atoms with Crippen LogP contribution in [-0.2, 0) is 0 Å². The SMILES string of the molecule is CCCNC1(O)N(C(=O)c2cccc(C)c2)C1(C)C. The van der Waals surface area contributed by atoms with Crippen LogP contribution in [0.3, 0.4) is 0 Å². The van der Waals surface area contributed by atoms with E-state index in [4.69, 9.17) is 0 Å². The van der Waals surface area contributed by atoms with E-state index in [9.17, 15) is 9.90 Å². The highest BCUT2D eigenvalue weighted by Gasteiger charge is 2.71. The van der Waals surface area contributed by atoms with E-state index >= 15 is 0 Å².